The van der Waals surface area contributed by atoms with Gasteiger partial charge in [0.05, 0.1) is 18.0 Å². The molecule has 19 heavy (non-hydrogen) atoms. The molecule has 0 spiro atoms. The second-order valence-corrected chi connectivity index (χ2v) is 3.59. The van der Waals surface area contributed by atoms with E-state index in [1.165, 1.54) is 6.07 Å². The maximum absolute atomic E-state index is 10.9. The van der Waals surface area contributed by atoms with Crippen LogP contribution in [0.1, 0.15) is 5.89 Å². The first-order valence-electron chi connectivity index (χ1n) is 5.43. The molecule has 0 unspecified atom stereocenters. The van der Waals surface area contributed by atoms with Crippen molar-refractivity contribution in [2.24, 2.45) is 0 Å². The summed E-state index contributed by atoms with van der Waals surface area (Å²) >= 11 is 0. The van der Waals surface area contributed by atoms with E-state index in [2.05, 4.69) is 21.4 Å². The molecule has 2 aromatic rings. The fourth-order valence-electron chi connectivity index (χ4n) is 1.50. The summed E-state index contributed by atoms with van der Waals surface area (Å²) in [5.74, 6) is 2.92. The topological polar surface area (TPSA) is 94.1 Å². The van der Waals surface area contributed by atoms with Gasteiger partial charge in [-0.2, -0.15) is 4.98 Å². The molecule has 1 aromatic heterocycles. The maximum Gasteiger partial charge on any atom is 0.280 e. The minimum atomic E-state index is -0.484. The van der Waals surface area contributed by atoms with E-state index in [1.807, 2.05) is 0 Å². The maximum atomic E-state index is 10.9. The molecule has 0 atom stereocenters. The van der Waals surface area contributed by atoms with Gasteiger partial charge in [-0.25, -0.2) is 0 Å². The average Bonchev–Trinajstić information content (AvgIpc) is 2.88. The first-order chi connectivity index (χ1) is 9.22. The highest BCUT2D eigenvalue weighted by Gasteiger charge is 2.18. The van der Waals surface area contributed by atoms with Crippen LogP contribution in [0.2, 0.25) is 0 Å². The van der Waals surface area contributed by atoms with Crippen molar-refractivity contribution in [3.05, 3.63) is 40.3 Å². The van der Waals surface area contributed by atoms with Crippen molar-refractivity contribution < 1.29 is 9.45 Å². The van der Waals surface area contributed by atoms with E-state index in [4.69, 9.17) is 10.9 Å². The molecular formula is C12H10N4O3. The van der Waals surface area contributed by atoms with Gasteiger partial charge in [0, 0.05) is 6.07 Å². The molecule has 2 rings (SSSR count). The third-order valence-corrected chi connectivity index (χ3v) is 2.31. The fourth-order valence-corrected chi connectivity index (χ4v) is 1.50. The van der Waals surface area contributed by atoms with Crippen molar-refractivity contribution in [2.75, 3.05) is 6.54 Å². The Morgan fingerprint density at radius 1 is 1.47 bits per heavy atom. The zero-order valence-electron chi connectivity index (χ0n) is 9.87. The van der Waals surface area contributed by atoms with Crippen molar-refractivity contribution in [3.8, 4) is 23.7 Å². The lowest BCUT2D eigenvalue weighted by Gasteiger charge is -1.96. The van der Waals surface area contributed by atoms with Gasteiger partial charge in [-0.15, -0.1) is 6.42 Å². The number of nitro benzene ring substituents is 1. The second kappa shape index (κ2) is 5.75. The number of terminal acetylenes is 1. The monoisotopic (exact) mass is 258 g/mol. The minimum absolute atomic E-state index is 0.0635. The standard InChI is InChI=1S/C12H10N4O3/c1-2-7-13-8-11-14-12(15-19-11)9-5-3-4-6-10(9)16(17)18/h1,3-6,13H,7-8H2. The van der Waals surface area contributed by atoms with Crippen LogP contribution >= 0.6 is 0 Å². The normalized spacial score (nSPS) is 10.1. The second-order valence-electron chi connectivity index (χ2n) is 3.59. The molecule has 1 aromatic carbocycles. The van der Waals surface area contributed by atoms with Gasteiger partial charge < -0.3 is 4.52 Å². The number of nitrogens with zero attached hydrogens (tertiary/aromatic N) is 3. The molecule has 0 aliphatic carbocycles. The summed E-state index contributed by atoms with van der Waals surface area (Å²) in [6.45, 7) is 0.695. The number of nitro groups is 1. The number of rotatable bonds is 5. The molecule has 0 amide bonds. The van der Waals surface area contributed by atoms with Crippen LogP contribution in [0.15, 0.2) is 28.8 Å². The van der Waals surface area contributed by atoms with Gasteiger partial charge >= 0.3 is 0 Å². The molecule has 0 radical (unpaired) electrons. The van der Waals surface area contributed by atoms with E-state index in [-0.39, 0.29) is 11.5 Å². The third-order valence-electron chi connectivity index (χ3n) is 2.31. The Morgan fingerprint density at radius 2 is 2.26 bits per heavy atom. The number of nitrogens with one attached hydrogen (secondary N) is 1. The van der Waals surface area contributed by atoms with Gasteiger partial charge in [-0.05, 0) is 6.07 Å². The van der Waals surface area contributed by atoms with Crippen molar-refractivity contribution >= 4 is 5.69 Å². The number of hydrogen-bond donors (Lipinski definition) is 1. The lowest BCUT2D eigenvalue weighted by Crippen LogP contribution is -2.13. The van der Waals surface area contributed by atoms with E-state index in [1.54, 1.807) is 18.2 Å². The number of para-hydroxylation sites is 1. The highest BCUT2D eigenvalue weighted by atomic mass is 16.6. The van der Waals surface area contributed by atoms with Crippen LogP contribution in [0.5, 0.6) is 0 Å². The summed E-state index contributed by atoms with van der Waals surface area (Å²) in [4.78, 5) is 14.5. The van der Waals surface area contributed by atoms with Crippen molar-refractivity contribution in [1.82, 2.24) is 15.5 Å². The van der Waals surface area contributed by atoms with Crippen LogP contribution in [-0.2, 0) is 6.54 Å². The van der Waals surface area contributed by atoms with Crippen molar-refractivity contribution in [1.29, 1.82) is 0 Å². The first kappa shape index (κ1) is 12.7. The third kappa shape index (κ3) is 2.94. The predicted octanol–water partition coefficient (Wildman–Crippen LogP) is 1.37. The van der Waals surface area contributed by atoms with Gasteiger partial charge in [0.2, 0.25) is 11.7 Å². The smallest absolute Gasteiger partial charge is 0.280 e. The van der Waals surface area contributed by atoms with E-state index in [9.17, 15) is 10.1 Å². The van der Waals surface area contributed by atoms with Crippen molar-refractivity contribution in [2.45, 2.75) is 6.54 Å². The number of aromatic nitrogens is 2. The molecule has 0 saturated heterocycles. The van der Waals surface area contributed by atoms with Gasteiger partial charge in [0.1, 0.15) is 5.56 Å². The summed E-state index contributed by atoms with van der Waals surface area (Å²) in [6, 6.07) is 6.22. The highest BCUT2D eigenvalue weighted by molar-refractivity contribution is 5.67. The SMILES string of the molecule is C#CCNCc1nc(-c2ccccc2[N+](=O)[O-])no1. The largest absolute Gasteiger partial charge is 0.338 e. The molecule has 96 valence electrons. The molecule has 0 saturated carbocycles. The van der Waals surface area contributed by atoms with Crippen LogP contribution in [0, 0.1) is 22.5 Å². The van der Waals surface area contributed by atoms with Gasteiger partial charge in [-0.1, -0.05) is 23.2 Å². The van der Waals surface area contributed by atoms with Gasteiger partial charge in [0.25, 0.3) is 5.69 Å². The first-order valence-corrected chi connectivity index (χ1v) is 5.43. The van der Waals surface area contributed by atoms with Crippen LogP contribution in [-0.4, -0.2) is 21.6 Å². The quantitative estimate of drug-likeness (QED) is 0.376. The number of hydrogen-bond acceptors (Lipinski definition) is 6. The van der Waals surface area contributed by atoms with Gasteiger partial charge in [0.15, 0.2) is 0 Å². The Labute approximate surface area is 108 Å². The van der Waals surface area contributed by atoms with Crippen LogP contribution in [0.4, 0.5) is 5.69 Å². The van der Waals surface area contributed by atoms with Crippen molar-refractivity contribution in [3.63, 3.8) is 0 Å². The van der Waals surface area contributed by atoms with Crippen LogP contribution in [0.25, 0.3) is 11.4 Å². The van der Waals surface area contributed by atoms with E-state index < -0.39 is 4.92 Å². The lowest BCUT2D eigenvalue weighted by atomic mass is 10.2. The molecule has 0 aliphatic rings. The van der Waals surface area contributed by atoms with Gasteiger partial charge in [-0.3, -0.25) is 15.4 Å². The highest BCUT2D eigenvalue weighted by Crippen LogP contribution is 2.26. The average molecular weight is 258 g/mol. The summed E-state index contributed by atoms with van der Waals surface area (Å²) in [5.41, 5.74) is 0.255. The Morgan fingerprint density at radius 3 is 3.00 bits per heavy atom. The minimum Gasteiger partial charge on any atom is -0.338 e. The molecule has 1 N–H and O–H groups in total. The Balaban J connectivity index is 2.23. The molecular weight excluding hydrogens is 248 g/mol. The Hall–Kier alpha value is -2.72. The fraction of sp³-hybridized carbons (Fsp3) is 0.167. The zero-order chi connectivity index (χ0) is 13.7. The zero-order valence-corrected chi connectivity index (χ0v) is 9.87. The predicted molar refractivity (Wildman–Crippen MR) is 66.9 cm³/mol. The molecule has 0 fully saturated rings. The summed E-state index contributed by atoms with van der Waals surface area (Å²) < 4.78 is 4.99. The van der Waals surface area contributed by atoms with E-state index in [0.29, 0.717) is 24.5 Å². The molecule has 0 bridgehead atoms. The summed E-state index contributed by atoms with van der Waals surface area (Å²) in [7, 11) is 0. The Bertz CT molecular complexity index is 630. The van der Waals surface area contributed by atoms with E-state index >= 15 is 0 Å². The lowest BCUT2D eigenvalue weighted by molar-refractivity contribution is -0.384. The molecule has 7 nitrogen and oxygen atoms in total. The van der Waals surface area contributed by atoms with E-state index in [0.717, 1.165) is 0 Å². The summed E-state index contributed by atoms with van der Waals surface area (Å²) in [6.07, 6.45) is 5.09. The Kier molecular flexibility index (Phi) is 3.85. The molecule has 7 heteroatoms. The van der Waals surface area contributed by atoms with Crippen LogP contribution in [0.3, 0.4) is 0 Å². The van der Waals surface area contributed by atoms with Crippen LogP contribution < -0.4 is 5.32 Å². The summed E-state index contributed by atoms with van der Waals surface area (Å²) in [5, 5.41) is 17.5. The number of benzene rings is 1. The molecule has 1 heterocycles. The molecule has 0 aliphatic heterocycles.